The molecule has 18 heteroatoms. The average Bonchev–Trinajstić information content (AvgIpc) is 1.59. The standard InChI is InChI=1S/C22H23N2O.2C21H21N2O.2C20H19N2O.C19H17N2O/c1-13(2)16-8-10-24(5)18(12-16)20-15(4)11-14(3)19-17-7-6-9-23-22(17)25-21(19)20;1-12-10-17(23(5)11-15(12)4)19-14(3)9-13(2)18-16-7-6-8-22-21(16)24-20(18)19;1-13(2)15-9-11-23(4)18(12-15)19-14(3)7-8-16-17-6-5-10-22-21(17)24-20(16)19;1-12-7-8-15-16-6-5-9-21-20(16)23-19(15)18(12)17-10-13(2)14(3)11-22(17)4;1-12-7-8-16(22(4)11-12)18-14(3)10-13(2)17-15-6-5-9-21-20(15)23-19(17)18;1-12-7-9-14-15-10-8-13(2)20-19(15)22-18(14)17(12)16-6-4-5-11-21(16)3/h6-13H,1-5H3;6-11H,1-5H3;5-13H,1-4H3;2*5-11H,1-4H3;4-11H,1-3H3/q6*+1/i1D3,3D3,13D;2D3,4D3;1D3,13D;3D3;1D3,2D3;. The number of hydrogen-bond acceptors (Lipinski definition) is 12. The maximum atomic E-state index is 8.49. The molecule has 702 valence electrons. The lowest BCUT2D eigenvalue weighted by Gasteiger charge is -2.10. The third kappa shape index (κ3) is 17.4. The van der Waals surface area contributed by atoms with Crippen molar-refractivity contribution in [1.82, 2.24) is 29.9 Å². The summed E-state index contributed by atoms with van der Waals surface area (Å²) in [5, 5.41) is 9.41. The van der Waals surface area contributed by atoms with E-state index in [9.17, 15) is 0 Å². The first-order valence-corrected chi connectivity index (χ1v) is 45.9. The highest BCUT2D eigenvalue weighted by atomic mass is 16.4. The van der Waals surface area contributed by atoms with Crippen molar-refractivity contribution in [2.45, 2.75) is 143 Å². The van der Waals surface area contributed by atoms with Gasteiger partial charge in [0.2, 0.25) is 68.4 Å². The van der Waals surface area contributed by atoms with Crippen molar-refractivity contribution in [3.05, 3.63) is 357 Å². The van der Waals surface area contributed by atoms with Crippen molar-refractivity contribution in [3.8, 4) is 67.5 Å². The van der Waals surface area contributed by atoms with E-state index in [0.717, 1.165) is 128 Å². The Balaban J connectivity index is 0.000000123. The molecule has 0 radical (unpaired) electrons. The topological polar surface area (TPSA) is 179 Å². The van der Waals surface area contributed by atoms with Crippen LogP contribution in [-0.2, 0) is 42.3 Å². The van der Waals surface area contributed by atoms with E-state index in [1.807, 2.05) is 125 Å². The lowest BCUT2D eigenvalue weighted by atomic mass is 9.95. The number of benzene rings is 6. The second-order valence-corrected chi connectivity index (χ2v) is 36.0. The van der Waals surface area contributed by atoms with Gasteiger partial charge >= 0.3 is 0 Å². The first-order valence-electron chi connectivity index (χ1n) is 58.9. The van der Waals surface area contributed by atoms with Crippen LogP contribution in [0, 0.1) is 103 Å². The van der Waals surface area contributed by atoms with Gasteiger partial charge in [0, 0.05) is 208 Å². The van der Waals surface area contributed by atoms with E-state index in [0.29, 0.717) is 134 Å². The van der Waals surface area contributed by atoms with E-state index in [1.54, 1.807) is 208 Å². The molecule has 18 aromatic heterocycles. The highest BCUT2D eigenvalue weighted by molar-refractivity contribution is 6.15. The van der Waals surface area contributed by atoms with Crippen molar-refractivity contribution in [2.24, 2.45) is 42.3 Å². The molecule has 24 rings (SSSR count). The molecule has 0 aliphatic rings. The van der Waals surface area contributed by atoms with Gasteiger partial charge in [0.1, 0.15) is 42.3 Å². The van der Waals surface area contributed by atoms with Crippen LogP contribution in [0.25, 0.3) is 200 Å². The van der Waals surface area contributed by atoms with E-state index in [-0.39, 0.29) is 27.8 Å². The van der Waals surface area contributed by atoms with Crippen molar-refractivity contribution in [1.29, 1.82) is 0 Å². The predicted molar refractivity (Wildman–Crippen MR) is 568 cm³/mol. The Morgan fingerprint density at radius 1 is 0.255 bits per heavy atom. The Kier molecular flexibility index (Phi) is 18.1. The molecular formula is C123H120N12O6+6. The van der Waals surface area contributed by atoms with Crippen molar-refractivity contribution < 1.29 is 89.5 Å². The van der Waals surface area contributed by atoms with Crippen molar-refractivity contribution in [2.75, 3.05) is 0 Å². The molecule has 0 saturated heterocycles. The molecule has 24 aromatic rings. The van der Waals surface area contributed by atoms with Crippen LogP contribution >= 0.6 is 0 Å². The lowest BCUT2D eigenvalue weighted by Crippen LogP contribution is -2.31. The molecule has 0 fully saturated rings. The number of furan rings is 6. The fraction of sp³-hybridized carbons (Fsp3) is 0.220. The second-order valence-electron chi connectivity index (χ2n) is 36.0. The fourth-order valence-electron chi connectivity index (χ4n) is 18.9. The molecule has 0 aliphatic carbocycles. The molecule has 2 unspecified atom stereocenters. The number of hydrogen-bond donors (Lipinski definition) is 0. The third-order valence-corrected chi connectivity index (χ3v) is 26.1. The monoisotopic (exact) mass is 1890 g/mol. The molecule has 0 aliphatic heterocycles. The van der Waals surface area contributed by atoms with E-state index in [4.69, 9.17) is 62.1 Å². The zero-order chi connectivity index (χ0) is 121. The maximum absolute atomic E-state index is 8.49. The van der Waals surface area contributed by atoms with Gasteiger partial charge < -0.3 is 26.5 Å². The summed E-state index contributed by atoms with van der Waals surface area (Å²) in [7, 11) is 11.2. The summed E-state index contributed by atoms with van der Waals surface area (Å²) in [5.41, 5.74) is 26.5. The SMILES string of the molecule is Cc1ccc2c(n1)oc1c(-c3cccc[n+]3C)c(C)ccc12.[2H]C([2H])([2H])C([2H])(C)c1cc[n+](C)c(-c2c(C)ccc3c2oc2ncccc23)c1.[2H]C([2H])([2H])c1c[n+](C)c(-c2c(C)cc(C([2H])([2H])[2H])c3c2oc2ncccc23)cc1C.[2H]C([2H])([2H])c1c[n+](C)c(-c2c(C)ccc3c2oc2ncccc23)cc1C.[2H]C([2H])([2H])c1cc(C)c(-c2cc(C([2H])(C)C([2H])([2H])[2H])cc[n+]2C)c2oc3ncccc3c12.[2H]C([2H])([2H])c1ccc(-c2c(C)cc(C([2H])([2H])[2H])c3c2oc2ncccc23)[n+](C)c1. The highest BCUT2D eigenvalue weighted by Gasteiger charge is 2.31. The van der Waals surface area contributed by atoms with E-state index < -0.39 is 66.6 Å². The van der Waals surface area contributed by atoms with Crippen LogP contribution in [0.3, 0.4) is 0 Å². The van der Waals surface area contributed by atoms with Gasteiger partial charge in [0.15, 0.2) is 70.7 Å². The molecule has 141 heavy (non-hydrogen) atoms. The first kappa shape index (κ1) is 67.2. The minimum absolute atomic E-state index is 0.173. The van der Waals surface area contributed by atoms with E-state index in [2.05, 4.69) is 91.0 Å². The third-order valence-electron chi connectivity index (χ3n) is 26.1. The number of rotatable bonds is 8. The van der Waals surface area contributed by atoms with Crippen LogP contribution in [0.5, 0.6) is 0 Å². The van der Waals surface area contributed by atoms with Crippen LogP contribution in [0.15, 0.2) is 289 Å². The van der Waals surface area contributed by atoms with E-state index >= 15 is 0 Å². The van der Waals surface area contributed by atoms with Gasteiger partial charge in [-0.05, 0) is 272 Å². The largest absolute Gasteiger partial charge is 0.437 e. The number of pyridine rings is 12. The van der Waals surface area contributed by atoms with Gasteiger partial charge in [0.25, 0.3) is 0 Å². The van der Waals surface area contributed by atoms with Crippen LogP contribution in [0.2, 0.25) is 0 Å². The lowest BCUT2D eigenvalue weighted by molar-refractivity contribution is -0.660. The van der Waals surface area contributed by atoms with Crippen LogP contribution in [-0.4, -0.2) is 29.9 Å². The Hall–Kier alpha value is -16.1. The van der Waals surface area contributed by atoms with Gasteiger partial charge in [-0.2, -0.15) is 0 Å². The Labute approximate surface area is 857 Å². The van der Waals surface area contributed by atoms with Crippen LogP contribution in [0.1, 0.15) is 170 Å². The molecule has 0 saturated carbocycles. The Bertz CT molecular complexity index is 10300. The molecule has 0 spiro atoms. The van der Waals surface area contributed by atoms with Crippen molar-refractivity contribution >= 4 is 132 Å². The first-order chi connectivity index (χ1) is 78.1. The predicted octanol–water partition coefficient (Wildman–Crippen LogP) is 27.7. The molecule has 0 bridgehead atoms. The molecule has 0 amide bonds. The molecule has 18 nitrogen and oxygen atoms in total. The quantitative estimate of drug-likeness (QED) is 0.132. The van der Waals surface area contributed by atoms with Crippen LogP contribution < -0.4 is 27.4 Å². The highest BCUT2D eigenvalue weighted by Crippen LogP contribution is 2.46. The number of aryl methyl sites for hydroxylation is 21. The van der Waals surface area contributed by atoms with Gasteiger partial charge in [-0.15, -0.1) is 0 Å². The summed E-state index contributed by atoms with van der Waals surface area (Å²) < 4.78 is 253. The molecule has 6 aromatic carbocycles. The minimum atomic E-state index is -2.52. The van der Waals surface area contributed by atoms with E-state index in [1.165, 1.54) is 19.4 Å². The zero-order valence-corrected chi connectivity index (χ0v) is 81.1. The normalized spacial score (nSPS) is 15.8. The van der Waals surface area contributed by atoms with Gasteiger partial charge in [-0.25, -0.2) is 57.3 Å². The Morgan fingerprint density at radius 3 is 0.979 bits per heavy atom. The minimum Gasteiger partial charge on any atom is -0.437 e. The van der Waals surface area contributed by atoms with Gasteiger partial charge in [-0.1, -0.05) is 82.1 Å². The molecule has 18 heterocycles. The molecule has 0 N–H and O–H groups in total. The maximum Gasteiger partial charge on any atom is 0.227 e. The summed E-state index contributed by atoms with van der Waals surface area (Å²) >= 11 is 0. The number of aromatic nitrogens is 12. The van der Waals surface area contributed by atoms with Gasteiger partial charge in [-0.3, -0.25) is 0 Å². The average molecular weight is 1890 g/mol. The van der Waals surface area contributed by atoms with Gasteiger partial charge in [0.05, 0.1) is 33.4 Å². The molecular weight excluding hydrogens is 1740 g/mol. The van der Waals surface area contributed by atoms with Crippen LogP contribution in [0.4, 0.5) is 0 Å². The summed E-state index contributed by atoms with van der Waals surface area (Å²) in [6, 6.07) is 59.8. The summed E-state index contributed by atoms with van der Waals surface area (Å²) in [5.74, 6) is -3.54. The summed E-state index contributed by atoms with van der Waals surface area (Å²) in [4.78, 5) is 25.9. The van der Waals surface area contributed by atoms with Crippen molar-refractivity contribution in [3.63, 3.8) is 0 Å². The smallest absolute Gasteiger partial charge is 0.227 e. The second kappa shape index (κ2) is 38.0. The summed E-state index contributed by atoms with van der Waals surface area (Å²) in [6.07, 6.45) is 18.6. The molecule has 2 atom stereocenters. The fourth-order valence-corrected chi connectivity index (χ4v) is 18.9. The Morgan fingerprint density at radius 2 is 0.589 bits per heavy atom. The summed E-state index contributed by atoms with van der Waals surface area (Å²) in [6.45, 7) is 1.42. The zero-order valence-electron chi connectivity index (χ0n) is 107. The number of fused-ring (bicyclic) bond motifs is 18. The number of nitrogens with zero attached hydrogens (tertiary/aromatic N) is 12.